The summed E-state index contributed by atoms with van der Waals surface area (Å²) in [5.74, 6) is -4.91. The highest BCUT2D eigenvalue weighted by Gasteiger charge is 2.46. The first-order valence-electron chi connectivity index (χ1n) is 15.2. The minimum Gasteiger partial charge on any atom is -0.457 e. The van der Waals surface area contributed by atoms with Crippen LogP contribution in [0.1, 0.15) is 81.1 Å². The number of ketones is 2. The van der Waals surface area contributed by atoms with Gasteiger partial charge in [0.2, 0.25) is 0 Å². The Labute approximate surface area is 272 Å². The average molecular weight is 634 g/mol. The van der Waals surface area contributed by atoms with Crippen molar-refractivity contribution in [2.75, 3.05) is 4.90 Å². The molecule has 0 saturated heterocycles. The Hall–Kier alpha value is -6.55. The Morgan fingerprint density at radius 2 is 1.54 bits per heavy atom. The first kappa shape index (κ1) is 28.9. The molecule has 48 heavy (non-hydrogen) atoms. The number of nitrogens with zero attached hydrogens (tertiary/aromatic N) is 2. The topological polar surface area (TPSA) is 144 Å². The average Bonchev–Trinajstić information content (AvgIpc) is 3.79. The number of H-pyrrole nitrogens is 1. The number of carbonyl (C=O) groups is 5. The molecule has 0 fully saturated rings. The predicted molar refractivity (Wildman–Crippen MR) is 175 cm³/mol. The SMILES string of the molecule is O=C(OCc1ccccc1)c1ccc2c(=O)[nH]c(C3C(=O)c4cc5c(cc4C3=O)C(=O)N(c3cccc(C4=CCC=C4)c3)C5=O)nc2c1. The number of aromatic amines is 1. The van der Waals surface area contributed by atoms with Crippen molar-refractivity contribution in [3.05, 3.63) is 158 Å². The number of esters is 1. The molecule has 232 valence electrons. The number of ether oxygens (including phenoxy) is 1. The Bertz CT molecular complexity index is 2350. The van der Waals surface area contributed by atoms with Crippen molar-refractivity contribution in [2.45, 2.75) is 18.9 Å². The van der Waals surface area contributed by atoms with Crippen LogP contribution in [0.15, 0.2) is 108 Å². The molecule has 0 radical (unpaired) electrons. The number of hydrogen-bond donors (Lipinski definition) is 1. The summed E-state index contributed by atoms with van der Waals surface area (Å²) in [6.07, 6.45) is 6.82. The van der Waals surface area contributed by atoms with Crippen LogP contribution in [-0.2, 0) is 11.3 Å². The Balaban J connectivity index is 1.09. The van der Waals surface area contributed by atoms with E-state index < -0.39 is 40.8 Å². The summed E-state index contributed by atoms with van der Waals surface area (Å²) in [5.41, 5.74) is 2.55. The summed E-state index contributed by atoms with van der Waals surface area (Å²) in [6, 6.07) is 23.0. The molecule has 0 unspecified atom stereocenters. The maximum Gasteiger partial charge on any atom is 0.338 e. The van der Waals surface area contributed by atoms with Gasteiger partial charge in [-0.1, -0.05) is 60.7 Å². The second-order valence-electron chi connectivity index (χ2n) is 11.6. The van der Waals surface area contributed by atoms with E-state index in [2.05, 4.69) is 9.97 Å². The molecule has 10 heteroatoms. The van der Waals surface area contributed by atoms with Crippen LogP contribution < -0.4 is 10.5 Å². The number of benzene rings is 4. The van der Waals surface area contributed by atoms with Crippen molar-refractivity contribution in [1.82, 2.24) is 9.97 Å². The third kappa shape index (κ3) is 4.61. The Morgan fingerprint density at radius 1 is 0.812 bits per heavy atom. The fraction of sp³-hybridized carbons (Fsp3) is 0.0789. The zero-order valence-corrected chi connectivity index (χ0v) is 25.1. The second kappa shape index (κ2) is 11.1. The lowest BCUT2D eigenvalue weighted by molar-refractivity contribution is 0.0472. The minimum atomic E-state index is -1.50. The van der Waals surface area contributed by atoms with E-state index in [1.165, 1.54) is 30.3 Å². The monoisotopic (exact) mass is 633 g/mol. The minimum absolute atomic E-state index is 0.00421. The number of imide groups is 1. The highest BCUT2D eigenvalue weighted by atomic mass is 16.5. The molecule has 0 spiro atoms. The maximum atomic E-state index is 13.7. The molecule has 0 atom stereocenters. The number of hydrogen-bond acceptors (Lipinski definition) is 8. The summed E-state index contributed by atoms with van der Waals surface area (Å²) < 4.78 is 5.40. The zero-order chi connectivity index (χ0) is 33.1. The second-order valence-corrected chi connectivity index (χ2v) is 11.6. The number of fused-ring (bicyclic) bond motifs is 3. The van der Waals surface area contributed by atoms with E-state index in [-0.39, 0.29) is 51.2 Å². The molecule has 2 amide bonds. The third-order valence-corrected chi connectivity index (χ3v) is 8.74. The number of aromatic nitrogens is 2. The third-order valence-electron chi connectivity index (χ3n) is 8.74. The molecular formula is C38H23N3O7. The molecule has 0 saturated carbocycles. The molecule has 10 nitrogen and oxygen atoms in total. The molecule has 5 aromatic rings. The highest BCUT2D eigenvalue weighted by molar-refractivity contribution is 6.37. The molecular weight excluding hydrogens is 610 g/mol. The van der Waals surface area contributed by atoms with Crippen molar-refractivity contribution in [3.63, 3.8) is 0 Å². The van der Waals surface area contributed by atoms with Gasteiger partial charge in [0.05, 0.1) is 33.3 Å². The number of anilines is 1. The lowest BCUT2D eigenvalue weighted by atomic mass is 10.0. The van der Waals surface area contributed by atoms with E-state index in [9.17, 15) is 28.8 Å². The van der Waals surface area contributed by atoms with Gasteiger partial charge in [-0.15, -0.1) is 0 Å². The van der Waals surface area contributed by atoms with Gasteiger partial charge in [-0.05, 0) is 65.6 Å². The molecule has 1 N–H and O–H groups in total. The van der Waals surface area contributed by atoms with Gasteiger partial charge in [-0.3, -0.25) is 24.0 Å². The largest absolute Gasteiger partial charge is 0.457 e. The van der Waals surface area contributed by atoms with Crippen LogP contribution in [0.4, 0.5) is 5.69 Å². The first-order chi connectivity index (χ1) is 23.3. The number of Topliss-reactive ketones (excluding diaryl/α,β-unsaturated/α-hetero) is 2. The van der Waals surface area contributed by atoms with Crippen LogP contribution in [0, 0.1) is 0 Å². The number of allylic oxidation sites excluding steroid dienone is 4. The quantitative estimate of drug-likeness (QED) is 0.145. The van der Waals surface area contributed by atoms with E-state index in [1.807, 2.05) is 54.6 Å². The summed E-state index contributed by atoms with van der Waals surface area (Å²) in [7, 11) is 0. The van der Waals surface area contributed by atoms with Gasteiger partial charge >= 0.3 is 5.97 Å². The van der Waals surface area contributed by atoms with E-state index in [1.54, 1.807) is 18.2 Å². The fourth-order valence-electron chi connectivity index (χ4n) is 6.33. The molecule has 3 aliphatic rings. The number of rotatable bonds is 6. The molecule has 8 rings (SSSR count). The lowest BCUT2D eigenvalue weighted by Gasteiger charge is -2.15. The normalized spacial score (nSPS) is 15.3. The van der Waals surface area contributed by atoms with Crippen molar-refractivity contribution in [2.24, 2.45) is 0 Å². The Kier molecular flexibility index (Phi) is 6.66. The molecule has 4 aromatic carbocycles. The van der Waals surface area contributed by atoms with Crippen molar-refractivity contribution in [1.29, 1.82) is 0 Å². The highest BCUT2D eigenvalue weighted by Crippen LogP contribution is 2.38. The van der Waals surface area contributed by atoms with Crippen LogP contribution in [0.25, 0.3) is 16.5 Å². The van der Waals surface area contributed by atoms with E-state index in [0.29, 0.717) is 5.69 Å². The number of amides is 2. The van der Waals surface area contributed by atoms with Crippen LogP contribution in [0.3, 0.4) is 0 Å². The van der Waals surface area contributed by atoms with Crippen molar-refractivity contribution in [3.8, 4) is 0 Å². The van der Waals surface area contributed by atoms with Crippen LogP contribution in [0.5, 0.6) is 0 Å². The molecule has 1 aromatic heterocycles. The van der Waals surface area contributed by atoms with Gasteiger partial charge in [-0.25, -0.2) is 14.7 Å². The molecule has 1 aliphatic heterocycles. The molecule has 2 aliphatic carbocycles. The van der Waals surface area contributed by atoms with Crippen molar-refractivity contribution < 1.29 is 28.7 Å². The van der Waals surface area contributed by atoms with Gasteiger partial charge in [0.15, 0.2) is 11.6 Å². The zero-order valence-electron chi connectivity index (χ0n) is 25.1. The van der Waals surface area contributed by atoms with Crippen LogP contribution in [-0.4, -0.2) is 39.3 Å². The summed E-state index contributed by atoms with van der Waals surface area (Å²) in [4.78, 5) is 88.3. The van der Waals surface area contributed by atoms with Crippen LogP contribution in [0.2, 0.25) is 0 Å². The summed E-state index contributed by atoms with van der Waals surface area (Å²) in [5, 5.41) is 0.147. The van der Waals surface area contributed by atoms with Gasteiger partial charge in [0.25, 0.3) is 17.4 Å². The van der Waals surface area contributed by atoms with E-state index >= 15 is 0 Å². The maximum absolute atomic E-state index is 13.7. The summed E-state index contributed by atoms with van der Waals surface area (Å²) in [6.45, 7) is 0.0457. The smallest absolute Gasteiger partial charge is 0.338 e. The van der Waals surface area contributed by atoms with E-state index in [4.69, 9.17) is 4.74 Å². The first-order valence-corrected chi connectivity index (χ1v) is 15.2. The van der Waals surface area contributed by atoms with Gasteiger partial charge in [0, 0.05) is 11.1 Å². The van der Waals surface area contributed by atoms with Gasteiger partial charge in [-0.2, -0.15) is 0 Å². The predicted octanol–water partition coefficient (Wildman–Crippen LogP) is 5.59. The lowest BCUT2D eigenvalue weighted by Crippen LogP contribution is -2.29. The summed E-state index contributed by atoms with van der Waals surface area (Å²) >= 11 is 0. The van der Waals surface area contributed by atoms with Gasteiger partial charge in [0.1, 0.15) is 18.3 Å². The number of carbonyl (C=O) groups excluding carboxylic acids is 5. The van der Waals surface area contributed by atoms with Crippen LogP contribution >= 0.6 is 0 Å². The van der Waals surface area contributed by atoms with Crippen molar-refractivity contribution >= 4 is 51.5 Å². The van der Waals surface area contributed by atoms with E-state index in [0.717, 1.165) is 28.0 Å². The molecule has 2 heterocycles. The number of nitrogens with one attached hydrogen (secondary N) is 1. The molecule has 0 bridgehead atoms. The standard InChI is InChI=1S/C38H23N3O7/c42-32-26-17-28-29(37(46)41(36(28)45)24-12-6-11-22(15-24)21-9-4-5-10-21)18-27(26)33(43)31(32)34-39-30-16-23(13-14-25(30)35(44)40-34)38(47)48-19-20-7-2-1-3-8-20/h1-4,6-18,31H,5,19H2,(H,39,40,44). The fourth-order valence-corrected chi connectivity index (χ4v) is 6.33. The Morgan fingerprint density at radius 3 is 2.23 bits per heavy atom. The van der Waals surface area contributed by atoms with Gasteiger partial charge < -0.3 is 9.72 Å².